The minimum atomic E-state index is -0.513. The van der Waals surface area contributed by atoms with Gasteiger partial charge in [0.25, 0.3) is 0 Å². The van der Waals surface area contributed by atoms with E-state index in [0.29, 0.717) is 26.2 Å². The van der Waals surface area contributed by atoms with Gasteiger partial charge in [-0.1, -0.05) is 17.7 Å². The van der Waals surface area contributed by atoms with Crippen LogP contribution < -0.4 is 10.6 Å². The van der Waals surface area contributed by atoms with Crippen molar-refractivity contribution in [2.24, 2.45) is 5.92 Å². The molecule has 3 atom stereocenters. The molecule has 5 nitrogen and oxygen atoms in total. The van der Waals surface area contributed by atoms with E-state index >= 15 is 0 Å². The molecule has 1 heterocycles. The van der Waals surface area contributed by atoms with Crippen molar-refractivity contribution in [1.82, 2.24) is 10.6 Å². The zero-order valence-corrected chi connectivity index (χ0v) is 14.0. The van der Waals surface area contributed by atoms with Gasteiger partial charge in [0.2, 0.25) is 5.91 Å². The number of hydrogen-bond donors (Lipinski definition) is 2. The van der Waals surface area contributed by atoms with E-state index in [1.807, 2.05) is 0 Å². The molecule has 1 aromatic rings. The molecule has 0 radical (unpaired) electrons. The van der Waals surface area contributed by atoms with Crippen LogP contribution in [0.4, 0.5) is 4.39 Å². The predicted molar refractivity (Wildman–Crippen MR) is 85.9 cm³/mol. The number of hydrogen-bond acceptors (Lipinski definition) is 4. The van der Waals surface area contributed by atoms with E-state index in [-0.39, 0.29) is 23.0 Å². The lowest BCUT2D eigenvalue weighted by Gasteiger charge is -2.26. The van der Waals surface area contributed by atoms with Crippen molar-refractivity contribution < 1.29 is 18.7 Å². The molecule has 128 valence electrons. The zero-order valence-electron chi connectivity index (χ0n) is 13.3. The summed E-state index contributed by atoms with van der Waals surface area (Å²) in [4.78, 5) is 11.9. The first-order valence-electron chi connectivity index (χ1n) is 7.60. The molecule has 1 aliphatic rings. The number of carbonyl (C=O) groups excluding carboxylic acids is 1. The summed E-state index contributed by atoms with van der Waals surface area (Å²) in [5, 5.41) is 6.20. The van der Waals surface area contributed by atoms with Crippen LogP contribution in [-0.2, 0) is 14.3 Å². The maximum atomic E-state index is 13.7. The highest BCUT2D eigenvalue weighted by molar-refractivity contribution is 6.30. The third-order valence-corrected chi connectivity index (χ3v) is 4.25. The molecule has 1 aliphatic heterocycles. The molecular formula is C16H22ClFN2O3. The summed E-state index contributed by atoms with van der Waals surface area (Å²) in [6, 6.07) is 4.68. The molecule has 1 unspecified atom stereocenters. The molecule has 1 aromatic carbocycles. The van der Waals surface area contributed by atoms with Crippen molar-refractivity contribution in [1.29, 1.82) is 0 Å². The van der Waals surface area contributed by atoms with Crippen molar-refractivity contribution in [3.8, 4) is 0 Å². The first-order valence-corrected chi connectivity index (χ1v) is 7.98. The van der Waals surface area contributed by atoms with E-state index in [4.69, 9.17) is 21.1 Å². The van der Waals surface area contributed by atoms with Gasteiger partial charge in [-0.3, -0.25) is 4.79 Å². The molecule has 23 heavy (non-hydrogen) atoms. The number of benzene rings is 1. The topological polar surface area (TPSA) is 59.6 Å². The Morgan fingerprint density at radius 1 is 1.61 bits per heavy atom. The second kappa shape index (κ2) is 8.59. The molecule has 2 N–H and O–H groups in total. The van der Waals surface area contributed by atoms with Crippen LogP contribution in [0.5, 0.6) is 0 Å². The second-order valence-electron chi connectivity index (χ2n) is 5.55. The second-order valence-corrected chi connectivity index (χ2v) is 5.96. The molecular weight excluding hydrogens is 323 g/mol. The normalized spacial score (nSPS) is 23.1. The maximum Gasteiger partial charge on any atom is 0.248 e. The summed E-state index contributed by atoms with van der Waals surface area (Å²) in [6.07, 6.45) is -0.823. The third kappa shape index (κ3) is 4.88. The van der Waals surface area contributed by atoms with E-state index in [2.05, 4.69) is 10.6 Å². The van der Waals surface area contributed by atoms with Crippen molar-refractivity contribution in [2.45, 2.75) is 19.1 Å². The number of rotatable bonds is 5. The van der Waals surface area contributed by atoms with Gasteiger partial charge in [0.15, 0.2) is 0 Å². The highest BCUT2D eigenvalue weighted by atomic mass is 35.5. The molecule has 0 aliphatic carbocycles. The summed E-state index contributed by atoms with van der Waals surface area (Å²) < 4.78 is 24.6. The Bertz CT molecular complexity index is 544. The summed E-state index contributed by atoms with van der Waals surface area (Å²) in [7, 11) is 1.49. The SMILES string of the molecule is COC(C)C(=O)NC[C@@H]1CNCCO[C@H]1c1ccc(Cl)c(F)c1. The molecule has 0 aromatic heterocycles. The van der Waals surface area contributed by atoms with Gasteiger partial charge in [0.05, 0.1) is 17.7 Å². The fraction of sp³-hybridized carbons (Fsp3) is 0.562. The lowest BCUT2D eigenvalue weighted by molar-refractivity contribution is -0.130. The maximum absolute atomic E-state index is 13.7. The molecule has 0 saturated carbocycles. The smallest absolute Gasteiger partial charge is 0.248 e. The van der Waals surface area contributed by atoms with E-state index in [9.17, 15) is 9.18 Å². The summed E-state index contributed by atoms with van der Waals surface area (Å²) in [5.74, 6) is -0.676. The quantitative estimate of drug-likeness (QED) is 0.856. The molecule has 7 heteroatoms. The molecule has 2 rings (SSSR count). The summed E-state index contributed by atoms with van der Waals surface area (Å²) in [5.41, 5.74) is 0.717. The van der Waals surface area contributed by atoms with Crippen molar-refractivity contribution in [3.05, 3.63) is 34.6 Å². The van der Waals surface area contributed by atoms with Crippen molar-refractivity contribution in [2.75, 3.05) is 33.4 Å². The fourth-order valence-electron chi connectivity index (χ4n) is 2.51. The van der Waals surface area contributed by atoms with Crippen LogP contribution in [0.15, 0.2) is 18.2 Å². The number of methoxy groups -OCH3 is 1. The highest BCUT2D eigenvalue weighted by Gasteiger charge is 2.27. The average Bonchev–Trinajstić information content (AvgIpc) is 2.79. The minimum absolute atomic E-state index is 0.0221. The van der Waals surface area contributed by atoms with E-state index in [1.165, 1.54) is 19.2 Å². The van der Waals surface area contributed by atoms with Gasteiger partial charge in [0, 0.05) is 32.7 Å². The zero-order chi connectivity index (χ0) is 16.8. The Morgan fingerprint density at radius 2 is 2.39 bits per heavy atom. The standard InChI is InChI=1S/C16H22ClFN2O3/c1-10(22-2)16(21)20-9-12-8-19-5-6-23-15(12)11-3-4-13(17)14(18)7-11/h3-4,7,10,12,15,19H,5-6,8-9H2,1-2H3,(H,20,21)/t10?,12-,15-/m0/s1. The minimum Gasteiger partial charge on any atom is -0.372 e. The average molecular weight is 345 g/mol. The number of nitrogens with one attached hydrogen (secondary N) is 2. The van der Waals surface area contributed by atoms with Gasteiger partial charge >= 0.3 is 0 Å². The van der Waals surface area contributed by atoms with Crippen LogP contribution in [0.25, 0.3) is 0 Å². The largest absolute Gasteiger partial charge is 0.372 e. The van der Waals surface area contributed by atoms with Crippen LogP contribution in [0.2, 0.25) is 5.02 Å². The Hall–Kier alpha value is -1.21. The first-order chi connectivity index (χ1) is 11.0. The molecule has 0 spiro atoms. The molecule has 1 amide bonds. The predicted octanol–water partition coefficient (Wildman–Crippen LogP) is 1.91. The molecule has 1 fully saturated rings. The third-order valence-electron chi connectivity index (χ3n) is 3.94. The summed E-state index contributed by atoms with van der Waals surface area (Å²) in [6.45, 7) is 3.99. The van der Waals surface area contributed by atoms with E-state index in [1.54, 1.807) is 13.0 Å². The number of amides is 1. The Kier molecular flexibility index (Phi) is 6.77. The first kappa shape index (κ1) is 18.1. The van der Waals surface area contributed by atoms with Crippen LogP contribution in [0.1, 0.15) is 18.6 Å². The van der Waals surface area contributed by atoms with Gasteiger partial charge in [-0.25, -0.2) is 4.39 Å². The van der Waals surface area contributed by atoms with Crippen molar-refractivity contribution >= 4 is 17.5 Å². The Morgan fingerprint density at radius 3 is 3.09 bits per heavy atom. The monoisotopic (exact) mass is 344 g/mol. The van der Waals surface area contributed by atoms with E-state index < -0.39 is 11.9 Å². The Labute approximate surface area is 140 Å². The van der Waals surface area contributed by atoms with Gasteiger partial charge < -0.3 is 20.1 Å². The van der Waals surface area contributed by atoms with Gasteiger partial charge in [-0.15, -0.1) is 0 Å². The highest BCUT2D eigenvalue weighted by Crippen LogP contribution is 2.29. The number of ether oxygens (including phenoxy) is 2. The van der Waals surface area contributed by atoms with Crippen LogP contribution in [0.3, 0.4) is 0 Å². The van der Waals surface area contributed by atoms with Gasteiger partial charge in [0.1, 0.15) is 11.9 Å². The fourth-order valence-corrected chi connectivity index (χ4v) is 2.63. The van der Waals surface area contributed by atoms with Gasteiger partial charge in [-0.05, 0) is 24.6 Å². The van der Waals surface area contributed by atoms with E-state index in [0.717, 1.165) is 5.56 Å². The summed E-state index contributed by atoms with van der Waals surface area (Å²) >= 11 is 5.74. The van der Waals surface area contributed by atoms with Crippen LogP contribution in [-0.4, -0.2) is 45.4 Å². The number of carbonyl (C=O) groups is 1. The molecule has 1 saturated heterocycles. The lowest BCUT2D eigenvalue weighted by atomic mass is 9.95. The van der Waals surface area contributed by atoms with Crippen LogP contribution in [0, 0.1) is 11.7 Å². The van der Waals surface area contributed by atoms with Gasteiger partial charge in [-0.2, -0.15) is 0 Å². The Balaban J connectivity index is 2.10. The number of halogens is 2. The lowest BCUT2D eigenvalue weighted by Crippen LogP contribution is -2.40. The van der Waals surface area contributed by atoms with Crippen molar-refractivity contribution in [3.63, 3.8) is 0 Å². The molecule has 0 bridgehead atoms. The van der Waals surface area contributed by atoms with Crippen LogP contribution >= 0.6 is 11.6 Å².